The predicted octanol–water partition coefficient (Wildman–Crippen LogP) is 4.23. The number of nitrogens with two attached hydrogens (primary N) is 1. The van der Waals surface area contributed by atoms with E-state index in [9.17, 15) is 14.7 Å². The molecule has 10 nitrogen and oxygen atoms in total. The topological polar surface area (TPSA) is 144 Å². The molecular weight excluding hydrogens is 544 g/mol. The first-order valence-corrected chi connectivity index (χ1v) is 14.2. The molecule has 0 radical (unpaired) electrons. The van der Waals surface area contributed by atoms with Gasteiger partial charge in [0.05, 0.1) is 19.8 Å². The molecule has 4 aromatic rings. The summed E-state index contributed by atoms with van der Waals surface area (Å²) in [5.41, 5.74) is 10.6. The SMILES string of the molecule is CC(C)(C)c1ccc(C(=O)Nc2cccc(-c3nc(N)nc(Cc4ccc(C(=O)N5CCOCC5)cc4)n3)c2CO)cc1. The molecule has 1 fully saturated rings. The molecule has 5 rings (SSSR count). The third-order valence-corrected chi connectivity index (χ3v) is 7.40. The van der Waals surface area contributed by atoms with Gasteiger partial charge in [-0.3, -0.25) is 9.59 Å². The Hall–Kier alpha value is -4.67. The molecule has 0 aliphatic carbocycles. The number of nitrogens with one attached hydrogen (secondary N) is 1. The summed E-state index contributed by atoms with van der Waals surface area (Å²) in [6.07, 6.45) is 0.362. The number of ether oxygens (including phenoxy) is 1. The highest BCUT2D eigenvalue weighted by molar-refractivity contribution is 6.05. The van der Waals surface area contributed by atoms with Crippen LogP contribution in [0, 0.1) is 0 Å². The second-order valence-electron chi connectivity index (χ2n) is 11.5. The second-order valence-corrected chi connectivity index (χ2v) is 11.5. The molecule has 2 amide bonds. The van der Waals surface area contributed by atoms with Gasteiger partial charge in [0, 0.05) is 47.5 Å². The average molecular weight is 581 g/mol. The van der Waals surface area contributed by atoms with Crippen LogP contribution in [-0.2, 0) is 23.2 Å². The van der Waals surface area contributed by atoms with Crippen LogP contribution in [0.1, 0.15) is 64.0 Å². The summed E-state index contributed by atoms with van der Waals surface area (Å²) < 4.78 is 5.34. The lowest BCUT2D eigenvalue weighted by Gasteiger charge is -2.26. The minimum Gasteiger partial charge on any atom is -0.392 e. The normalized spacial score (nSPS) is 13.5. The highest BCUT2D eigenvalue weighted by Gasteiger charge is 2.20. The number of hydrogen-bond acceptors (Lipinski definition) is 8. The van der Waals surface area contributed by atoms with Gasteiger partial charge in [-0.1, -0.05) is 57.2 Å². The lowest BCUT2D eigenvalue weighted by atomic mass is 9.86. The third kappa shape index (κ3) is 7.04. The predicted molar refractivity (Wildman–Crippen MR) is 165 cm³/mol. The van der Waals surface area contributed by atoms with Gasteiger partial charge in [0.25, 0.3) is 11.8 Å². The molecule has 0 bridgehead atoms. The zero-order valence-corrected chi connectivity index (χ0v) is 24.6. The Kier molecular flexibility index (Phi) is 8.79. The number of carbonyl (C=O) groups excluding carboxylic acids is 2. The van der Waals surface area contributed by atoms with Crippen LogP contribution in [0.25, 0.3) is 11.4 Å². The molecule has 222 valence electrons. The van der Waals surface area contributed by atoms with Crippen molar-refractivity contribution in [3.05, 3.63) is 100 Å². The van der Waals surface area contributed by atoms with Crippen LogP contribution in [0.5, 0.6) is 0 Å². The van der Waals surface area contributed by atoms with Crippen molar-refractivity contribution in [3.63, 3.8) is 0 Å². The molecule has 0 unspecified atom stereocenters. The monoisotopic (exact) mass is 580 g/mol. The van der Waals surface area contributed by atoms with E-state index in [0.717, 1.165) is 11.1 Å². The first kappa shape index (κ1) is 29.8. The van der Waals surface area contributed by atoms with Gasteiger partial charge in [0.2, 0.25) is 5.95 Å². The molecular formula is C33H36N6O4. The van der Waals surface area contributed by atoms with Gasteiger partial charge in [-0.15, -0.1) is 0 Å². The van der Waals surface area contributed by atoms with Crippen LogP contribution < -0.4 is 11.1 Å². The van der Waals surface area contributed by atoms with Gasteiger partial charge in [0.1, 0.15) is 5.82 Å². The van der Waals surface area contributed by atoms with E-state index in [1.807, 2.05) is 24.3 Å². The van der Waals surface area contributed by atoms with E-state index in [-0.39, 0.29) is 35.6 Å². The van der Waals surface area contributed by atoms with Crippen molar-refractivity contribution < 1.29 is 19.4 Å². The molecule has 0 spiro atoms. The van der Waals surface area contributed by atoms with Crippen LogP contribution in [0.4, 0.5) is 11.6 Å². The maximum absolute atomic E-state index is 13.1. The highest BCUT2D eigenvalue weighted by atomic mass is 16.5. The first-order valence-electron chi connectivity index (χ1n) is 14.2. The zero-order chi connectivity index (χ0) is 30.6. The number of nitrogen functional groups attached to an aromatic ring is 1. The van der Waals surface area contributed by atoms with Crippen molar-refractivity contribution in [1.82, 2.24) is 19.9 Å². The molecule has 2 heterocycles. The van der Waals surface area contributed by atoms with E-state index in [1.54, 1.807) is 47.4 Å². The minimum absolute atomic E-state index is 0.0213. The third-order valence-electron chi connectivity index (χ3n) is 7.40. The standard InChI is InChI=1S/C33H36N6O4/c1-33(2,3)24-13-11-22(12-14-24)30(41)35-27-6-4-5-25(26(27)20-40)29-36-28(37-32(34)38-29)19-21-7-9-23(10-8-21)31(42)39-15-17-43-18-16-39/h4-14,40H,15-20H2,1-3H3,(H,35,41)(H2,34,36,37,38). The number of aliphatic hydroxyl groups is 1. The molecule has 1 aliphatic rings. The van der Waals surface area contributed by atoms with Gasteiger partial charge in [-0.05, 0) is 46.9 Å². The second kappa shape index (κ2) is 12.7. The fraction of sp³-hybridized carbons (Fsp3) is 0.303. The van der Waals surface area contributed by atoms with Crippen molar-refractivity contribution in [1.29, 1.82) is 0 Å². The van der Waals surface area contributed by atoms with Crippen LogP contribution >= 0.6 is 0 Å². The Morgan fingerprint density at radius 2 is 1.60 bits per heavy atom. The quantitative estimate of drug-likeness (QED) is 0.295. The van der Waals surface area contributed by atoms with Crippen molar-refractivity contribution in [2.24, 2.45) is 0 Å². The lowest BCUT2D eigenvalue weighted by molar-refractivity contribution is 0.0303. The molecule has 10 heteroatoms. The van der Waals surface area contributed by atoms with Gasteiger partial charge >= 0.3 is 0 Å². The summed E-state index contributed by atoms with van der Waals surface area (Å²) in [5, 5.41) is 13.2. The summed E-state index contributed by atoms with van der Waals surface area (Å²) in [6, 6.07) is 20.1. The highest BCUT2D eigenvalue weighted by Crippen LogP contribution is 2.29. The number of anilines is 2. The van der Waals surface area contributed by atoms with E-state index >= 15 is 0 Å². The number of amides is 2. The Bertz CT molecular complexity index is 1610. The van der Waals surface area contributed by atoms with Crippen molar-refractivity contribution >= 4 is 23.5 Å². The number of rotatable bonds is 7. The van der Waals surface area contributed by atoms with Crippen LogP contribution in [0.2, 0.25) is 0 Å². The summed E-state index contributed by atoms with van der Waals surface area (Å²) in [5.74, 6) is 0.449. The lowest BCUT2D eigenvalue weighted by Crippen LogP contribution is -2.40. The number of hydrogen-bond donors (Lipinski definition) is 3. The molecule has 1 aliphatic heterocycles. The smallest absolute Gasteiger partial charge is 0.255 e. The number of aromatic nitrogens is 3. The maximum atomic E-state index is 13.1. The molecule has 3 aromatic carbocycles. The van der Waals surface area contributed by atoms with E-state index in [1.165, 1.54) is 0 Å². The van der Waals surface area contributed by atoms with Crippen LogP contribution in [0.3, 0.4) is 0 Å². The summed E-state index contributed by atoms with van der Waals surface area (Å²) in [7, 11) is 0. The average Bonchev–Trinajstić information content (AvgIpc) is 3.00. The zero-order valence-electron chi connectivity index (χ0n) is 24.6. The fourth-order valence-corrected chi connectivity index (χ4v) is 4.93. The largest absolute Gasteiger partial charge is 0.392 e. The van der Waals surface area contributed by atoms with Crippen molar-refractivity contribution in [3.8, 4) is 11.4 Å². The molecule has 4 N–H and O–H groups in total. The maximum Gasteiger partial charge on any atom is 0.255 e. The number of carbonyl (C=O) groups is 2. The van der Waals surface area contributed by atoms with Gasteiger partial charge in [-0.25, -0.2) is 4.98 Å². The Morgan fingerprint density at radius 3 is 2.26 bits per heavy atom. The van der Waals surface area contributed by atoms with Crippen LogP contribution in [0.15, 0.2) is 66.7 Å². The molecule has 0 saturated carbocycles. The van der Waals surface area contributed by atoms with Crippen molar-refractivity contribution in [2.75, 3.05) is 37.4 Å². The molecule has 43 heavy (non-hydrogen) atoms. The fourth-order valence-electron chi connectivity index (χ4n) is 4.93. The number of aliphatic hydroxyl groups excluding tert-OH is 1. The Morgan fingerprint density at radius 1 is 0.930 bits per heavy atom. The van der Waals surface area contributed by atoms with Gasteiger partial charge in [0.15, 0.2) is 5.82 Å². The van der Waals surface area contributed by atoms with Crippen LogP contribution in [-0.4, -0.2) is 63.1 Å². The molecule has 1 saturated heterocycles. The van der Waals surface area contributed by atoms with E-state index in [4.69, 9.17) is 10.5 Å². The Labute approximate surface area is 251 Å². The molecule has 0 atom stereocenters. The first-order chi connectivity index (χ1) is 20.6. The minimum atomic E-state index is -0.353. The van der Waals surface area contributed by atoms with E-state index < -0.39 is 0 Å². The number of morpholine rings is 1. The molecule has 1 aromatic heterocycles. The van der Waals surface area contributed by atoms with E-state index in [2.05, 4.69) is 41.0 Å². The van der Waals surface area contributed by atoms with Gasteiger partial charge in [-0.2, -0.15) is 9.97 Å². The van der Waals surface area contributed by atoms with Crippen molar-refractivity contribution in [2.45, 2.75) is 39.2 Å². The number of nitrogens with zero attached hydrogens (tertiary/aromatic N) is 4. The summed E-state index contributed by atoms with van der Waals surface area (Å²) in [4.78, 5) is 40.9. The Balaban J connectivity index is 1.35. The van der Waals surface area contributed by atoms with Gasteiger partial charge < -0.3 is 25.8 Å². The summed E-state index contributed by atoms with van der Waals surface area (Å²) >= 11 is 0. The summed E-state index contributed by atoms with van der Waals surface area (Å²) in [6.45, 7) is 8.26. The van der Waals surface area contributed by atoms with E-state index in [0.29, 0.717) is 66.5 Å². The number of benzene rings is 3.